The van der Waals surface area contributed by atoms with E-state index in [1.165, 1.54) is 6.42 Å². The van der Waals surface area contributed by atoms with Gasteiger partial charge in [0.05, 0.1) is 0 Å². The maximum absolute atomic E-state index is 12.6. The molecule has 3 rings (SSSR count). The number of ketones is 1. The van der Waals surface area contributed by atoms with Crippen LogP contribution < -0.4 is 5.32 Å². The van der Waals surface area contributed by atoms with Crippen LogP contribution in [0.4, 0.5) is 0 Å². The summed E-state index contributed by atoms with van der Waals surface area (Å²) in [6.07, 6.45) is 7.43. The monoisotopic (exact) mass is 390 g/mol. The molecule has 1 saturated carbocycles. The fourth-order valence-electron chi connectivity index (χ4n) is 4.03. The molecule has 6 heteroatoms. The lowest BCUT2D eigenvalue weighted by atomic mass is 9.95. The van der Waals surface area contributed by atoms with Gasteiger partial charge >= 0.3 is 0 Å². The SMILES string of the molecule is O=C(CCC(=O)N1CCC[C@@H]1C(=O)NC1CCCCC1)c1ccc(Cl)cc1. The predicted molar refractivity (Wildman–Crippen MR) is 105 cm³/mol. The van der Waals surface area contributed by atoms with E-state index in [1.54, 1.807) is 29.2 Å². The van der Waals surface area contributed by atoms with Crippen molar-refractivity contribution >= 4 is 29.2 Å². The molecule has 1 aliphatic carbocycles. The van der Waals surface area contributed by atoms with E-state index in [2.05, 4.69) is 5.32 Å². The number of carbonyl (C=O) groups excluding carboxylic acids is 3. The highest BCUT2D eigenvalue weighted by molar-refractivity contribution is 6.30. The highest BCUT2D eigenvalue weighted by Gasteiger charge is 2.34. The molecule has 0 spiro atoms. The van der Waals surface area contributed by atoms with Gasteiger partial charge in [0.15, 0.2) is 5.78 Å². The number of nitrogens with one attached hydrogen (secondary N) is 1. The molecule has 2 amide bonds. The standard InChI is InChI=1S/C21H27ClN2O3/c22-16-10-8-15(9-11-16)19(25)12-13-20(26)24-14-4-7-18(24)21(27)23-17-5-2-1-3-6-17/h8-11,17-18H,1-7,12-14H2,(H,23,27)/t18-/m1/s1. The van der Waals surface area contributed by atoms with E-state index in [0.29, 0.717) is 23.6 Å². The summed E-state index contributed by atoms with van der Waals surface area (Å²) in [6, 6.07) is 6.54. The molecular formula is C21H27ClN2O3. The highest BCUT2D eigenvalue weighted by atomic mass is 35.5. The summed E-state index contributed by atoms with van der Waals surface area (Å²) in [5, 5.41) is 3.70. The van der Waals surface area contributed by atoms with Crippen LogP contribution >= 0.6 is 11.6 Å². The number of halogens is 1. The molecule has 1 atom stereocenters. The molecule has 1 heterocycles. The lowest BCUT2D eigenvalue weighted by Crippen LogP contribution is -2.49. The summed E-state index contributed by atoms with van der Waals surface area (Å²) < 4.78 is 0. The van der Waals surface area contributed by atoms with Crippen LogP contribution in [-0.4, -0.2) is 41.1 Å². The summed E-state index contributed by atoms with van der Waals surface area (Å²) in [5.41, 5.74) is 0.556. The minimum Gasteiger partial charge on any atom is -0.352 e. The molecule has 0 radical (unpaired) electrons. The second-order valence-electron chi connectivity index (χ2n) is 7.52. The van der Waals surface area contributed by atoms with Crippen LogP contribution in [0.15, 0.2) is 24.3 Å². The second-order valence-corrected chi connectivity index (χ2v) is 7.96. The second kappa shape index (κ2) is 9.36. The fourth-order valence-corrected chi connectivity index (χ4v) is 4.15. The Kier molecular flexibility index (Phi) is 6.89. The van der Waals surface area contributed by atoms with E-state index in [-0.39, 0.29) is 42.5 Å². The van der Waals surface area contributed by atoms with Crippen molar-refractivity contribution in [1.29, 1.82) is 0 Å². The number of likely N-dealkylation sites (tertiary alicyclic amines) is 1. The van der Waals surface area contributed by atoms with E-state index in [1.807, 2.05) is 0 Å². The van der Waals surface area contributed by atoms with Gasteiger partial charge in [0.25, 0.3) is 0 Å². The van der Waals surface area contributed by atoms with Gasteiger partial charge < -0.3 is 10.2 Å². The van der Waals surface area contributed by atoms with Crippen molar-refractivity contribution in [3.05, 3.63) is 34.9 Å². The average molecular weight is 391 g/mol. The van der Waals surface area contributed by atoms with Crippen LogP contribution in [0.2, 0.25) is 5.02 Å². The molecule has 2 aliphatic rings. The zero-order chi connectivity index (χ0) is 19.2. The molecule has 0 bridgehead atoms. The first kappa shape index (κ1) is 19.9. The summed E-state index contributed by atoms with van der Waals surface area (Å²) in [6.45, 7) is 0.594. The van der Waals surface area contributed by atoms with Crippen molar-refractivity contribution in [2.75, 3.05) is 6.54 Å². The van der Waals surface area contributed by atoms with E-state index >= 15 is 0 Å². The van der Waals surface area contributed by atoms with Gasteiger partial charge in [-0.3, -0.25) is 14.4 Å². The average Bonchev–Trinajstić information content (AvgIpc) is 3.17. The van der Waals surface area contributed by atoms with Crippen molar-refractivity contribution < 1.29 is 14.4 Å². The molecule has 5 nitrogen and oxygen atoms in total. The highest BCUT2D eigenvalue weighted by Crippen LogP contribution is 2.22. The van der Waals surface area contributed by atoms with Crippen molar-refractivity contribution in [2.45, 2.75) is 69.9 Å². The number of carbonyl (C=O) groups is 3. The Balaban J connectivity index is 1.51. The first-order chi connectivity index (χ1) is 13.0. The third-order valence-corrected chi connectivity index (χ3v) is 5.81. The number of hydrogen-bond acceptors (Lipinski definition) is 3. The van der Waals surface area contributed by atoms with E-state index in [4.69, 9.17) is 11.6 Å². The van der Waals surface area contributed by atoms with Gasteiger partial charge in [-0.15, -0.1) is 0 Å². The fraction of sp³-hybridized carbons (Fsp3) is 0.571. The van der Waals surface area contributed by atoms with Crippen LogP contribution in [0.25, 0.3) is 0 Å². The molecule has 146 valence electrons. The lowest BCUT2D eigenvalue weighted by Gasteiger charge is -2.28. The quantitative estimate of drug-likeness (QED) is 0.752. The summed E-state index contributed by atoms with van der Waals surface area (Å²) >= 11 is 5.84. The summed E-state index contributed by atoms with van der Waals surface area (Å²) in [5.74, 6) is -0.224. The normalized spacial score (nSPS) is 20.5. The van der Waals surface area contributed by atoms with Crippen molar-refractivity contribution in [3.8, 4) is 0 Å². The summed E-state index contributed by atoms with van der Waals surface area (Å²) in [7, 11) is 0. The van der Waals surface area contributed by atoms with Crippen molar-refractivity contribution in [1.82, 2.24) is 10.2 Å². The van der Waals surface area contributed by atoms with E-state index in [0.717, 1.165) is 32.1 Å². The van der Waals surface area contributed by atoms with Crippen LogP contribution in [0.5, 0.6) is 0 Å². The Hall–Kier alpha value is -1.88. The maximum Gasteiger partial charge on any atom is 0.243 e. The molecule has 0 aromatic heterocycles. The van der Waals surface area contributed by atoms with Crippen LogP contribution in [-0.2, 0) is 9.59 Å². The van der Waals surface area contributed by atoms with Gasteiger partial charge in [-0.25, -0.2) is 0 Å². The Morgan fingerprint density at radius 1 is 0.963 bits per heavy atom. The van der Waals surface area contributed by atoms with Gasteiger partial charge in [-0.1, -0.05) is 30.9 Å². The molecule has 1 aromatic rings. The van der Waals surface area contributed by atoms with Gasteiger partial charge in [-0.2, -0.15) is 0 Å². The molecule has 2 fully saturated rings. The largest absolute Gasteiger partial charge is 0.352 e. The molecule has 1 aromatic carbocycles. The van der Waals surface area contributed by atoms with Crippen LogP contribution in [0.1, 0.15) is 68.1 Å². The number of hydrogen-bond donors (Lipinski definition) is 1. The Morgan fingerprint density at radius 2 is 1.67 bits per heavy atom. The van der Waals surface area contributed by atoms with Crippen LogP contribution in [0, 0.1) is 0 Å². The Labute approximate surface area is 165 Å². The van der Waals surface area contributed by atoms with Crippen LogP contribution in [0.3, 0.4) is 0 Å². The molecular weight excluding hydrogens is 364 g/mol. The van der Waals surface area contributed by atoms with Gasteiger partial charge in [-0.05, 0) is 49.9 Å². The third kappa shape index (κ3) is 5.32. The molecule has 1 aliphatic heterocycles. The third-order valence-electron chi connectivity index (χ3n) is 5.56. The Bertz CT molecular complexity index is 683. The minimum atomic E-state index is -0.384. The predicted octanol–water partition coefficient (Wildman–Crippen LogP) is 3.74. The van der Waals surface area contributed by atoms with Crippen molar-refractivity contribution in [2.24, 2.45) is 0 Å². The van der Waals surface area contributed by atoms with Gasteiger partial charge in [0, 0.05) is 36.0 Å². The number of amides is 2. The Morgan fingerprint density at radius 3 is 2.37 bits per heavy atom. The smallest absolute Gasteiger partial charge is 0.243 e. The maximum atomic E-state index is 12.6. The zero-order valence-corrected chi connectivity index (χ0v) is 16.3. The van der Waals surface area contributed by atoms with E-state index < -0.39 is 0 Å². The van der Waals surface area contributed by atoms with Gasteiger partial charge in [0.2, 0.25) is 11.8 Å². The van der Waals surface area contributed by atoms with Gasteiger partial charge in [0.1, 0.15) is 6.04 Å². The number of Topliss-reactive ketones (excluding diaryl/α,β-unsaturated/α-hetero) is 1. The van der Waals surface area contributed by atoms with E-state index in [9.17, 15) is 14.4 Å². The first-order valence-corrected chi connectivity index (χ1v) is 10.3. The molecule has 27 heavy (non-hydrogen) atoms. The number of benzene rings is 1. The van der Waals surface area contributed by atoms with Crippen molar-refractivity contribution in [3.63, 3.8) is 0 Å². The lowest BCUT2D eigenvalue weighted by molar-refractivity contribution is -0.138. The summed E-state index contributed by atoms with van der Waals surface area (Å²) in [4.78, 5) is 39.2. The topological polar surface area (TPSA) is 66.5 Å². The minimum absolute atomic E-state index is 0.0308. The molecule has 1 N–H and O–H groups in total. The first-order valence-electron chi connectivity index (χ1n) is 9.93. The zero-order valence-electron chi connectivity index (χ0n) is 15.6. The number of nitrogens with zero attached hydrogens (tertiary/aromatic N) is 1. The molecule has 0 unspecified atom stereocenters. The number of rotatable bonds is 6. The molecule has 1 saturated heterocycles.